The van der Waals surface area contributed by atoms with Crippen LogP contribution in [0.15, 0.2) is 77.6 Å². The Hall–Kier alpha value is -4.13. The molecule has 0 saturated heterocycles. The minimum absolute atomic E-state index is 0.0652. The van der Waals surface area contributed by atoms with Gasteiger partial charge in [-0.2, -0.15) is 17.9 Å². The molecule has 2 atom stereocenters. The molecule has 0 radical (unpaired) electrons. The van der Waals surface area contributed by atoms with E-state index in [0.29, 0.717) is 29.6 Å². The number of aliphatic hydroxyl groups excluding tert-OH is 1. The van der Waals surface area contributed by atoms with Gasteiger partial charge in [-0.05, 0) is 47.0 Å². The van der Waals surface area contributed by atoms with Gasteiger partial charge in [0, 0.05) is 23.7 Å². The van der Waals surface area contributed by atoms with Crippen molar-refractivity contribution in [3.8, 4) is 5.69 Å². The maximum absolute atomic E-state index is 12.3. The Labute approximate surface area is 224 Å². The summed E-state index contributed by atoms with van der Waals surface area (Å²) in [5.74, 6) is -2.42. The summed E-state index contributed by atoms with van der Waals surface area (Å²) in [6, 6.07) is 22.9. The van der Waals surface area contributed by atoms with Gasteiger partial charge in [0.25, 0.3) is 0 Å². The van der Waals surface area contributed by atoms with Crippen LogP contribution in [0.2, 0.25) is 5.02 Å². The average Bonchev–Trinajstić information content (AvgIpc) is 3.41. The third-order valence-electron chi connectivity index (χ3n) is 5.86. The molecule has 0 spiro atoms. The number of aliphatic hydroxyl groups is 1. The van der Waals surface area contributed by atoms with Crippen LogP contribution in [-0.2, 0) is 17.8 Å². The number of alkyl halides is 3. The lowest BCUT2D eigenvalue weighted by atomic mass is 10.1. The maximum Gasteiger partial charge on any atom is 0.490 e. The minimum atomic E-state index is -5.08. The van der Waals surface area contributed by atoms with E-state index in [4.69, 9.17) is 21.5 Å². The van der Waals surface area contributed by atoms with Crippen LogP contribution in [-0.4, -0.2) is 43.2 Å². The quantitative estimate of drug-likeness (QED) is 0.237. The van der Waals surface area contributed by atoms with Gasteiger partial charge in [0.05, 0.1) is 17.8 Å². The van der Waals surface area contributed by atoms with Crippen LogP contribution in [0.5, 0.6) is 0 Å². The first kappa shape index (κ1) is 27.9. The molecular weight excluding hydrogens is 539 g/mol. The van der Waals surface area contributed by atoms with Crippen molar-refractivity contribution in [3.63, 3.8) is 0 Å². The molecule has 0 amide bonds. The predicted molar refractivity (Wildman–Crippen MR) is 138 cm³/mol. The highest BCUT2D eigenvalue weighted by atomic mass is 35.5. The summed E-state index contributed by atoms with van der Waals surface area (Å²) >= 11 is 6.01. The van der Waals surface area contributed by atoms with Crippen molar-refractivity contribution in [1.82, 2.24) is 20.1 Å². The number of hydrogen-bond acceptors (Lipinski definition) is 6. The number of aliphatic carboxylic acids is 1. The Morgan fingerprint density at radius 1 is 1.10 bits per heavy atom. The molecular formula is C26H23ClF3N5O4. The Morgan fingerprint density at radius 3 is 2.46 bits per heavy atom. The normalized spacial score (nSPS) is 16.2. The molecule has 204 valence electrons. The first-order valence-corrected chi connectivity index (χ1v) is 12.0. The molecule has 1 aromatic heterocycles. The molecule has 13 heteroatoms. The number of carboxylic acid groups (broad SMARTS) is 1. The second kappa shape index (κ2) is 11.7. The second-order valence-electron chi connectivity index (χ2n) is 8.62. The molecule has 0 saturated carbocycles. The van der Waals surface area contributed by atoms with Gasteiger partial charge in [-0.1, -0.05) is 54.1 Å². The van der Waals surface area contributed by atoms with Gasteiger partial charge in [-0.15, -0.1) is 5.10 Å². The van der Waals surface area contributed by atoms with Gasteiger partial charge >= 0.3 is 17.8 Å². The molecule has 1 aliphatic carbocycles. The number of H-pyrrole nitrogens is 1. The number of halogens is 4. The van der Waals surface area contributed by atoms with E-state index in [0.717, 1.165) is 16.8 Å². The fourth-order valence-electron chi connectivity index (χ4n) is 4.05. The largest absolute Gasteiger partial charge is 0.490 e. The van der Waals surface area contributed by atoms with Crippen LogP contribution < -0.4 is 16.3 Å². The fourth-order valence-corrected chi connectivity index (χ4v) is 4.24. The van der Waals surface area contributed by atoms with Crippen LogP contribution >= 0.6 is 11.6 Å². The number of aromatic nitrogens is 3. The highest BCUT2D eigenvalue weighted by Gasteiger charge is 2.38. The monoisotopic (exact) mass is 561 g/mol. The number of anilines is 2. The third-order valence-corrected chi connectivity index (χ3v) is 6.09. The van der Waals surface area contributed by atoms with E-state index in [1.165, 1.54) is 10.2 Å². The molecule has 5 rings (SSSR count). The standard InChI is InChI=1S/C24H22ClN5O2.C2HF3O2/c25-17-5-3-6-19(13-17)30-24(32)28-23(29-30)27-18-10-8-15(9-11-18)14-26-22-20-7-2-1-4-16(20)12-21(22)31;3-2(4,5)1(6)7/h1-11,13,21-22,26,31H,12,14H2,(H2,27,28,29,32);(H,6,7)/t21-,22+;/m1./s1. The van der Waals surface area contributed by atoms with Crippen LogP contribution in [0.4, 0.5) is 24.8 Å². The molecule has 0 aliphatic heterocycles. The molecule has 9 nitrogen and oxygen atoms in total. The molecule has 39 heavy (non-hydrogen) atoms. The minimum Gasteiger partial charge on any atom is -0.475 e. The number of benzene rings is 3. The number of carboxylic acids is 1. The van der Waals surface area contributed by atoms with Crippen molar-refractivity contribution in [2.45, 2.75) is 31.3 Å². The van der Waals surface area contributed by atoms with Crippen molar-refractivity contribution in [2.24, 2.45) is 0 Å². The summed E-state index contributed by atoms with van der Waals surface area (Å²) in [5.41, 5.74) is 4.48. The Morgan fingerprint density at radius 2 is 1.79 bits per heavy atom. The van der Waals surface area contributed by atoms with Crippen LogP contribution in [0, 0.1) is 0 Å². The summed E-state index contributed by atoms with van der Waals surface area (Å²) in [5, 5.41) is 28.9. The summed E-state index contributed by atoms with van der Waals surface area (Å²) in [4.78, 5) is 23.9. The van der Waals surface area contributed by atoms with Gasteiger partial charge < -0.3 is 20.8 Å². The van der Waals surface area contributed by atoms with Crippen LogP contribution in [0.3, 0.4) is 0 Å². The van der Waals surface area contributed by atoms with Crippen molar-refractivity contribution < 1.29 is 28.2 Å². The summed E-state index contributed by atoms with van der Waals surface area (Å²) in [6.45, 7) is 0.635. The maximum atomic E-state index is 12.3. The second-order valence-corrected chi connectivity index (χ2v) is 9.06. The van der Waals surface area contributed by atoms with Crippen molar-refractivity contribution in [3.05, 3.63) is 105 Å². The molecule has 0 bridgehead atoms. The Kier molecular flexibility index (Phi) is 8.38. The number of fused-ring (bicyclic) bond motifs is 1. The van der Waals surface area contributed by atoms with E-state index in [-0.39, 0.29) is 11.7 Å². The topological polar surface area (TPSA) is 132 Å². The number of nitrogens with one attached hydrogen (secondary N) is 3. The van der Waals surface area contributed by atoms with Gasteiger partial charge in [0.1, 0.15) is 0 Å². The number of rotatable bonds is 6. The summed E-state index contributed by atoms with van der Waals surface area (Å²) in [7, 11) is 0. The molecule has 1 heterocycles. The van der Waals surface area contributed by atoms with Gasteiger partial charge in [-0.3, -0.25) is 4.98 Å². The average molecular weight is 562 g/mol. The lowest BCUT2D eigenvalue weighted by Crippen LogP contribution is -2.28. The van der Waals surface area contributed by atoms with Crippen LogP contribution in [0.25, 0.3) is 5.69 Å². The zero-order chi connectivity index (χ0) is 28.2. The lowest BCUT2D eigenvalue weighted by molar-refractivity contribution is -0.192. The molecule has 0 unspecified atom stereocenters. The predicted octanol–water partition coefficient (Wildman–Crippen LogP) is 4.34. The molecule has 3 aromatic carbocycles. The first-order chi connectivity index (χ1) is 18.5. The highest BCUT2D eigenvalue weighted by Crippen LogP contribution is 2.31. The number of hydrogen-bond donors (Lipinski definition) is 5. The van der Waals surface area contributed by atoms with Gasteiger partial charge in [0.15, 0.2) is 0 Å². The molecule has 1 aliphatic rings. The van der Waals surface area contributed by atoms with Crippen molar-refractivity contribution in [1.29, 1.82) is 0 Å². The first-order valence-electron chi connectivity index (χ1n) is 11.6. The van der Waals surface area contributed by atoms with Crippen molar-refractivity contribution in [2.75, 3.05) is 5.32 Å². The molecule has 0 fully saturated rings. The van der Waals surface area contributed by atoms with Crippen molar-refractivity contribution >= 4 is 29.2 Å². The zero-order valence-electron chi connectivity index (χ0n) is 20.1. The van der Waals surface area contributed by atoms with Gasteiger partial charge in [0.2, 0.25) is 5.95 Å². The van der Waals surface area contributed by atoms with E-state index in [1.54, 1.807) is 24.3 Å². The zero-order valence-corrected chi connectivity index (χ0v) is 20.9. The number of carbonyl (C=O) groups is 1. The fraction of sp³-hybridized carbons (Fsp3) is 0.192. The van der Waals surface area contributed by atoms with E-state index in [9.17, 15) is 23.1 Å². The summed E-state index contributed by atoms with van der Waals surface area (Å²) in [6.07, 6.45) is -4.82. The third kappa shape index (κ3) is 7.05. The smallest absolute Gasteiger partial charge is 0.475 e. The SMILES string of the molecule is O=C(O)C(F)(F)F.O=c1[nH]c(Nc2ccc(CN[C@H]3c4ccccc4C[C@H]3O)cc2)nn1-c1cccc(Cl)c1. The number of nitrogens with zero attached hydrogens (tertiary/aromatic N) is 2. The van der Waals surface area contributed by atoms with Crippen LogP contribution in [0.1, 0.15) is 22.7 Å². The summed E-state index contributed by atoms with van der Waals surface area (Å²) < 4.78 is 33.0. The number of aromatic amines is 1. The molecule has 4 aromatic rings. The lowest BCUT2D eigenvalue weighted by Gasteiger charge is -2.18. The van der Waals surface area contributed by atoms with E-state index < -0.39 is 18.2 Å². The highest BCUT2D eigenvalue weighted by molar-refractivity contribution is 6.30. The Bertz CT molecular complexity index is 1500. The molecule has 5 N–H and O–H groups in total. The van der Waals surface area contributed by atoms with E-state index in [2.05, 4.69) is 32.8 Å². The Balaban J connectivity index is 0.000000448. The van der Waals surface area contributed by atoms with Gasteiger partial charge in [-0.25, -0.2) is 9.59 Å². The van der Waals surface area contributed by atoms with E-state index >= 15 is 0 Å². The van der Waals surface area contributed by atoms with E-state index in [1.807, 2.05) is 36.4 Å².